The molecule has 1 amide bonds. The number of amides is 1. The van der Waals surface area contributed by atoms with Crippen molar-refractivity contribution >= 4 is 41.6 Å². The first-order valence-electron chi connectivity index (χ1n) is 7.70. The molecule has 3 N–H and O–H groups in total. The molecule has 1 aromatic heterocycles. The van der Waals surface area contributed by atoms with E-state index in [2.05, 4.69) is 22.9 Å². The summed E-state index contributed by atoms with van der Waals surface area (Å²) in [5, 5.41) is 24.2. The number of rotatable bonds is 5. The van der Waals surface area contributed by atoms with Gasteiger partial charge in [0.1, 0.15) is 11.7 Å². The van der Waals surface area contributed by atoms with Gasteiger partial charge in [-0.3, -0.25) is 4.79 Å². The van der Waals surface area contributed by atoms with Crippen molar-refractivity contribution in [1.82, 2.24) is 10.3 Å². The number of aliphatic carboxylic acids is 1. The van der Waals surface area contributed by atoms with Gasteiger partial charge in [0.2, 0.25) is 0 Å². The van der Waals surface area contributed by atoms with E-state index in [1.165, 1.54) is 6.21 Å². The van der Waals surface area contributed by atoms with Crippen molar-refractivity contribution in [2.45, 2.75) is 32.4 Å². The van der Waals surface area contributed by atoms with E-state index in [-0.39, 0.29) is 5.75 Å². The number of hydrogen-bond acceptors (Lipinski definition) is 4. The van der Waals surface area contributed by atoms with E-state index in [0.29, 0.717) is 11.3 Å². The molecular formula is C17H21N3O4S. The zero-order valence-electron chi connectivity index (χ0n) is 14.2. The molecule has 1 aromatic carbocycles. The number of carbonyl (C=O) groups is 2. The Hall–Kier alpha value is -2.48. The molecule has 0 radical (unpaired) electrons. The fourth-order valence-corrected chi connectivity index (χ4v) is 2.36. The highest BCUT2D eigenvalue weighted by Crippen LogP contribution is 2.17. The fraction of sp³-hybridized carbons (Fsp3) is 0.353. The molecule has 1 heterocycles. The lowest BCUT2D eigenvalue weighted by molar-refractivity contribution is -0.530. The average molecular weight is 363 g/mol. The first-order chi connectivity index (χ1) is 11.6. The standard InChI is InChI=1S/C17H21N3O4S/c1-17(2,3)20(24)8-12-7-11-6-10(4-5-13(11)18-12)15(21)19-14(9-25)16(22)23/h4-8,14,18,25H,9H2,1-3H3,(H,19,21)(H,22,23)/b20-8+. The molecule has 0 bridgehead atoms. The number of carboxylic acid groups (broad SMARTS) is 1. The zero-order valence-corrected chi connectivity index (χ0v) is 15.1. The first-order valence-corrected chi connectivity index (χ1v) is 8.33. The summed E-state index contributed by atoms with van der Waals surface area (Å²) in [4.78, 5) is 26.3. The Morgan fingerprint density at radius 3 is 2.64 bits per heavy atom. The lowest BCUT2D eigenvalue weighted by Crippen LogP contribution is -2.42. The van der Waals surface area contributed by atoms with Crippen molar-refractivity contribution in [3.63, 3.8) is 0 Å². The summed E-state index contributed by atoms with van der Waals surface area (Å²) < 4.78 is 0.857. The Morgan fingerprint density at radius 1 is 1.40 bits per heavy atom. The van der Waals surface area contributed by atoms with E-state index in [1.807, 2.05) is 20.8 Å². The van der Waals surface area contributed by atoms with Gasteiger partial charge in [-0.15, -0.1) is 0 Å². The van der Waals surface area contributed by atoms with Gasteiger partial charge < -0.3 is 20.6 Å². The number of aromatic amines is 1. The third kappa shape index (κ3) is 4.54. The van der Waals surface area contributed by atoms with E-state index in [9.17, 15) is 14.8 Å². The summed E-state index contributed by atoms with van der Waals surface area (Å²) in [5.41, 5.74) is 1.17. The van der Waals surface area contributed by atoms with Crippen LogP contribution in [0.2, 0.25) is 0 Å². The monoisotopic (exact) mass is 363 g/mol. The number of H-pyrrole nitrogens is 1. The van der Waals surface area contributed by atoms with E-state index >= 15 is 0 Å². The van der Waals surface area contributed by atoms with Crippen molar-refractivity contribution in [2.24, 2.45) is 0 Å². The van der Waals surface area contributed by atoms with Crippen LogP contribution in [0.1, 0.15) is 36.8 Å². The van der Waals surface area contributed by atoms with Crippen LogP contribution in [0.3, 0.4) is 0 Å². The number of fused-ring (bicyclic) bond motifs is 1. The van der Waals surface area contributed by atoms with Crippen LogP contribution in [0.4, 0.5) is 0 Å². The molecule has 0 aliphatic heterocycles. The number of hydroxylamine groups is 1. The number of hydrogen-bond donors (Lipinski definition) is 4. The molecule has 0 aliphatic rings. The number of benzene rings is 1. The Morgan fingerprint density at radius 2 is 2.08 bits per heavy atom. The normalized spacial score (nSPS) is 13.7. The number of aromatic nitrogens is 1. The summed E-state index contributed by atoms with van der Waals surface area (Å²) in [6.07, 6.45) is 1.46. The Bertz CT molecular complexity index is 836. The number of carboxylic acids is 1. The second-order valence-electron chi connectivity index (χ2n) is 6.70. The molecule has 2 rings (SSSR count). The van der Waals surface area contributed by atoms with Gasteiger partial charge >= 0.3 is 5.97 Å². The minimum absolute atomic E-state index is 0.00127. The summed E-state index contributed by atoms with van der Waals surface area (Å²) in [6, 6.07) is 5.65. The zero-order chi connectivity index (χ0) is 18.8. The molecule has 1 unspecified atom stereocenters. The van der Waals surface area contributed by atoms with Gasteiger partial charge in [-0.25, -0.2) is 9.53 Å². The van der Waals surface area contributed by atoms with Crippen molar-refractivity contribution in [3.05, 3.63) is 40.7 Å². The van der Waals surface area contributed by atoms with Gasteiger partial charge in [0, 0.05) is 43.0 Å². The number of nitrogens with one attached hydrogen (secondary N) is 2. The van der Waals surface area contributed by atoms with Gasteiger partial charge in [0.25, 0.3) is 5.91 Å². The predicted molar refractivity (Wildman–Crippen MR) is 99.6 cm³/mol. The van der Waals surface area contributed by atoms with E-state index in [0.717, 1.165) is 15.6 Å². The van der Waals surface area contributed by atoms with E-state index in [4.69, 9.17) is 5.11 Å². The third-order valence-electron chi connectivity index (χ3n) is 3.61. The van der Waals surface area contributed by atoms with Crippen LogP contribution in [0.25, 0.3) is 10.9 Å². The number of carbonyl (C=O) groups excluding carboxylic acids is 1. The van der Waals surface area contributed by atoms with Crippen molar-refractivity contribution < 1.29 is 19.4 Å². The fourth-order valence-electron chi connectivity index (χ4n) is 2.11. The molecule has 1 atom stereocenters. The summed E-state index contributed by atoms with van der Waals surface area (Å²) in [6.45, 7) is 5.42. The van der Waals surface area contributed by atoms with Crippen LogP contribution in [0, 0.1) is 5.21 Å². The van der Waals surface area contributed by atoms with Crippen LogP contribution < -0.4 is 5.32 Å². The van der Waals surface area contributed by atoms with Crippen molar-refractivity contribution in [3.8, 4) is 0 Å². The van der Waals surface area contributed by atoms with Gasteiger partial charge in [0.05, 0.1) is 0 Å². The lowest BCUT2D eigenvalue weighted by atomic mass is 10.1. The summed E-state index contributed by atoms with van der Waals surface area (Å²) in [5.74, 6) is -1.63. The maximum atomic E-state index is 12.2. The molecule has 0 spiro atoms. The SMILES string of the molecule is CC(C)(C)/[N+]([O-])=C\c1cc2cc(C(=O)NC(CS)C(=O)O)ccc2[nH]1. The highest BCUT2D eigenvalue weighted by atomic mass is 32.1. The average Bonchev–Trinajstić information content (AvgIpc) is 2.92. The largest absolute Gasteiger partial charge is 0.623 e. The van der Waals surface area contributed by atoms with Gasteiger partial charge in [-0.05, 0) is 24.3 Å². The van der Waals surface area contributed by atoms with Crippen LogP contribution in [0.5, 0.6) is 0 Å². The maximum Gasteiger partial charge on any atom is 0.327 e. The molecule has 25 heavy (non-hydrogen) atoms. The number of nitrogens with zero attached hydrogens (tertiary/aromatic N) is 1. The molecule has 7 nitrogen and oxygen atoms in total. The Balaban J connectivity index is 2.28. The highest BCUT2D eigenvalue weighted by molar-refractivity contribution is 7.80. The smallest absolute Gasteiger partial charge is 0.327 e. The molecule has 8 heteroatoms. The van der Waals surface area contributed by atoms with E-state index in [1.54, 1.807) is 24.3 Å². The maximum absolute atomic E-state index is 12.2. The van der Waals surface area contributed by atoms with Gasteiger partial charge in [-0.1, -0.05) is 0 Å². The molecule has 134 valence electrons. The van der Waals surface area contributed by atoms with Crippen LogP contribution in [-0.4, -0.2) is 50.3 Å². The van der Waals surface area contributed by atoms with Gasteiger partial charge in [0.15, 0.2) is 11.8 Å². The molecular weight excluding hydrogens is 342 g/mol. The quantitative estimate of drug-likeness (QED) is 0.214. The first kappa shape index (κ1) is 18.9. The van der Waals surface area contributed by atoms with E-state index < -0.39 is 23.5 Å². The Labute approximate surface area is 150 Å². The molecule has 2 aromatic rings. The molecule has 0 saturated carbocycles. The van der Waals surface area contributed by atoms with Crippen molar-refractivity contribution in [2.75, 3.05) is 5.75 Å². The minimum atomic E-state index is -1.14. The second kappa shape index (κ2) is 7.18. The van der Waals surface area contributed by atoms with Crippen LogP contribution in [0.15, 0.2) is 24.3 Å². The number of thiol groups is 1. The second-order valence-corrected chi connectivity index (χ2v) is 7.06. The minimum Gasteiger partial charge on any atom is -0.623 e. The van der Waals surface area contributed by atoms with Crippen molar-refractivity contribution in [1.29, 1.82) is 0 Å². The Kier molecular flexibility index (Phi) is 5.42. The van der Waals surface area contributed by atoms with Gasteiger partial charge in [-0.2, -0.15) is 12.6 Å². The third-order valence-corrected chi connectivity index (χ3v) is 3.97. The molecule has 0 saturated heterocycles. The topological polar surface area (TPSA) is 108 Å². The molecule has 0 fully saturated rings. The van der Waals surface area contributed by atoms with Crippen LogP contribution in [-0.2, 0) is 4.79 Å². The highest BCUT2D eigenvalue weighted by Gasteiger charge is 2.20. The predicted octanol–water partition coefficient (Wildman–Crippen LogP) is 2.01. The summed E-state index contributed by atoms with van der Waals surface area (Å²) >= 11 is 3.92. The summed E-state index contributed by atoms with van der Waals surface area (Å²) in [7, 11) is 0. The lowest BCUT2D eigenvalue weighted by Gasteiger charge is -2.18. The molecule has 0 aliphatic carbocycles. The van der Waals surface area contributed by atoms with Crippen LogP contribution >= 0.6 is 12.6 Å².